The lowest BCUT2D eigenvalue weighted by molar-refractivity contribution is -0.148. The summed E-state index contributed by atoms with van der Waals surface area (Å²) in [6.07, 6.45) is 1.47. The number of methoxy groups -OCH3 is 1. The molecule has 19 heavy (non-hydrogen) atoms. The first-order chi connectivity index (χ1) is 9.12. The summed E-state index contributed by atoms with van der Waals surface area (Å²) in [6, 6.07) is 9.67. The van der Waals surface area contributed by atoms with Gasteiger partial charge in [0.2, 0.25) is 0 Å². The number of carbonyl (C=O) groups excluding carboxylic acids is 1. The maximum absolute atomic E-state index is 11.8. The molecule has 4 heteroatoms. The van der Waals surface area contributed by atoms with E-state index in [0.717, 1.165) is 18.7 Å². The number of carbonyl (C=O) groups is 1. The van der Waals surface area contributed by atoms with Crippen LogP contribution in [0.1, 0.15) is 26.7 Å². The molecule has 1 unspecified atom stereocenters. The van der Waals surface area contributed by atoms with Gasteiger partial charge < -0.3 is 14.8 Å². The van der Waals surface area contributed by atoms with E-state index in [2.05, 4.69) is 5.32 Å². The molecule has 0 radical (unpaired) electrons. The summed E-state index contributed by atoms with van der Waals surface area (Å²) in [5, 5.41) is 3.18. The van der Waals surface area contributed by atoms with Crippen LogP contribution in [-0.4, -0.2) is 31.8 Å². The smallest absolute Gasteiger partial charge is 0.325 e. The van der Waals surface area contributed by atoms with Crippen molar-refractivity contribution in [3.8, 4) is 5.75 Å². The topological polar surface area (TPSA) is 47.6 Å². The van der Waals surface area contributed by atoms with E-state index in [9.17, 15) is 4.79 Å². The third-order valence-electron chi connectivity index (χ3n) is 3.04. The molecular formula is C15H23NO3. The van der Waals surface area contributed by atoms with Crippen LogP contribution < -0.4 is 10.1 Å². The van der Waals surface area contributed by atoms with Gasteiger partial charge in [0.25, 0.3) is 0 Å². The standard InChI is InChI=1S/C15H23NO3/c1-4-16-15(2,14(17)18-3)11-8-12-19-13-9-6-5-7-10-13/h5-7,9-10,16H,4,8,11-12H2,1-3H3. The molecular weight excluding hydrogens is 242 g/mol. The monoisotopic (exact) mass is 265 g/mol. The summed E-state index contributed by atoms with van der Waals surface area (Å²) >= 11 is 0. The van der Waals surface area contributed by atoms with Gasteiger partial charge in [-0.2, -0.15) is 0 Å². The molecule has 0 aliphatic heterocycles. The summed E-state index contributed by atoms with van der Waals surface area (Å²) in [4.78, 5) is 11.8. The SMILES string of the molecule is CCNC(C)(CCCOc1ccccc1)C(=O)OC. The molecule has 0 amide bonds. The van der Waals surface area contributed by atoms with E-state index in [4.69, 9.17) is 9.47 Å². The lowest BCUT2D eigenvalue weighted by Gasteiger charge is -2.27. The van der Waals surface area contributed by atoms with Crippen molar-refractivity contribution in [1.29, 1.82) is 0 Å². The zero-order chi connectivity index (χ0) is 14.1. The Labute approximate surface area is 115 Å². The minimum atomic E-state index is -0.635. The first-order valence-electron chi connectivity index (χ1n) is 6.63. The van der Waals surface area contributed by atoms with Gasteiger partial charge in [0, 0.05) is 0 Å². The fraction of sp³-hybridized carbons (Fsp3) is 0.533. The number of rotatable bonds is 8. The Hall–Kier alpha value is -1.55. The van der Waals surface area contributed by atoms with Crippen LogP contribution in [0, 0.1) is 0 Å². The number of hydrogen-bond donors (Lipinski definition) is 1. The second kappa shape index (κ2) is 7.79. The van der Waals surface area contributed by atoms with Gasteiger partial charge in [-0.25, -0.2) is 0 Å². The van der Waals surface area contributed by atoms with E-state index in [1.165, 1.54) is 7.11 Å². The van der Waals surface area contributed by atoms with Crippen LogP contribution >= 0.6 is 0 Å². The largest absolute Gasteiger partial charge is 0.494 e. The molecule has 0 spiro atoms. The lowest BCUT2D eigenvalue weighted by atomic mass is 9.96. The fourth-order valence-electron chi connectivity index (χ4n) is 2.01. The average Bonchev–Trinajstić information content (AvgIpc) is 2.44. The van der Waals surface area contributed by atoms with Crippen molar-refractivity contribution in [3.63, 3.8) is 0 Å². The molecule has 0 aromatic heterocycles. The molecule has 0 saturated carbocycles. The highest BCUT2D eigenvalue weighted by molar-refractivity contribution is 5.80. The van der Waals surface area contributed by atoms with Crippen molar-refractivity contribution in [1.82, 2.24) is 5.32 Å². The van der Waals surface area contributed by atoms with E-state index in [-0.39, 0.29) is 5.97 Å². The summed E-state index contributed by atoms with van der Waals surface area (Å²) in [6.45, 7) is 5.15. The van der Waals surface area contributed by atoms with E-state index in [1.54, 1.807) is 0 Å². The van der Waals surface area contributed by atoms with Crippen molar-refractivity contribution < 1.29 is 14.3 Å². The summed E-state index contributed by atoms with van der Waals surface area (Å²) in [5.74, 6) is 0.625. The molecule has 1 atom stereocenters. The third-order valence-corrected chi connectivity index (χ3v) is 3.04. The van der Waals surface area contributed by atoms with Crippen LogP contribution in [-0.2, 0) is 9.53 Å². The second-order valence-corrected chi connectivity index (χ2v) is 4.62. The lowest BCUT2D eigenvalue weighted by Crippen LogP contribution is -2.50. The summed E-state index contributed by atoms with van der Waals surface area (Å²) in [7, 11) is 1.42. The predicted octanol–water partition coefficient (Wildman–Crippen LogP) is 2.39. The van der Waals surface area contributed by atoms with Crippen LogP contribution in [0.2, 0.25) is 0 Å². The highest BCUT2D eigenvalue weighted by atomic mass is 16.5. The minimum Gasteiger partial charge on any atom is -0.494 e. The summed E-state index contributed by atoms with van der Waals surface area (Å²) < 4.78 is 10.5. The predicted molar refractivity (Wildman–Crippen MR) is 75.3 cm³/mol. The van der Waals surface area contributed by atoms with Crippen LogP contribution in [0.25, 0.3) is 0 Å². The molecule has 1 rings (SSSR count). The highest BCUT2D eigenvalue weighted by Gasteiger charge is 2.32. The van der Waals surface area contributed by atoms with E-state index < -0.39 is 5.54 Å². The molecule has 4 nitrogen and oxygen atoms in total. The Bertz CT molecular complexity index is 380. The van der Waals surface area contributed by atoms with Gasteiger partial charge in [-0.3, -0.25) is 4.79 Å². The van der Waals surface area contributed by atoms with Gasteiger partial charge in [-0.05, 0) is 38.4 Å². The zero-order valence-electron chi connectivity index (χ0n) is 11.9. The van der Waals surface area contributed by atoms with Crippen molar-refractivity contribution in [2.75, 3.05) is 20.3 Å². The van der Waals surface area contributed by atoms with Gasteiger partial charge in [0.05, 0.1) is 13.7 Å². The molecule has 0 aliphatic rings. The molecule has 1 N–H and O–H groups in total. The number of hydrogen-bond acceptors (Lipinski definition) is 4. The molecule has 106 valence electrons. The first-order valence-corrected chi connectivity index (χ1v) is 6.63. The second-order valence-electron chi connectivity index (χ2n) is 4.62. The average molecular weight is 265 g/mol. The third kappa shape index (κ3) is 4.91. The van der Waals surface area contributed by atoms with Crippen molar-refractivity contribution in [2.24, 2.45) is 0 Å². The quantitative estimate of drug-likeness (QED) is 0.579. The van der Waals surface area contributed by atoms with E-state index in [1.807, 2.05) is 44.2 Å². The number of likely N-dealkylation sites (N-methyl/N-ethyl adjacent to an activating group) is 1. The van der Waals surface area contributed by atoms with Crippen LogP contribution in [0.3, 0.4) is 0 Å². The molecule has 0 aliphatic carbocycles. The maximum atomic E-state index is 11.8. The van der Waals surface area contributed by atoms with Crippen molar-refractivity contribution >= 4 is 5.97 Å². The molecule has 1 aromatic carbocycles. The Balaban J connectivity index is 2.38. The Morgan fingerprint density at radius 2 is 2.00 bits per heavy atom. The maximum Gasteiger partial charge on any atom is 0.325 e. The van der Waals surface area contributed by atoms with Gasteiger partial charge in [0.15, 0.2) is 0 Å². The normalized spacial score (nSPS) is 13.6. The number of esters is 1. The molecule has 0 fully saturated rings. The van der Waals surface area contributed by atoms with Gasteiger partial charge in [-0.15, -0.1) is 0 Å². The molecule has 0 bridgehead atoms. The highest BCUT2D eigenvalue weighted by Crippen LogP contribution is 2.15. The van der Waals surface area contributed by atoms with Crippen molar-refractivity contribution in [3.05, 3.63) is 30.3 Å². The van der Waals surface area contributed by atoms with Crippen LogP contribution in [0.15, 0.2) is 30.3 Å². The van der Waals surface area contributed by atoms with Gasteiger partial charge in [-0.1, -0.05) is 25.1 Å². The Kier molecular flexibility index (Phi) is 6.36. The van der Waals surface area contributed by atoms with Gasteiger partial charge in [0.1, 0.15) is 11.3 Å². The number of benzene rings is 1. The Morgan fingerprint density at radius 3 is 2.58 bits per heavy atom. The van der Waals surface area contributed by atoms with Gasteiger partial charge >= 0.3 is 5.97 Å². The van der Waals surface area contributed by atoms with Crippen molar-refractivity contribution in [2.45, 2.75) is 32.2 Å². The number of ether oxygens (including phenoxy) is 2. The zero-order valence-corrected chi connectivity index (χ0v) is 11.9. The van der Waals surface area contributed by atoms with Crippen LogP contribution in [0.5, 0.6) is 5.75 Å². The minimum absolute atomic E-state index is 0.228. The fourth-order valence-corrected chi connectivity index (χ4v) is 2.01. The number of nitrogens with one attached hydrogen (secondary N) is 1. The Morgan fingerprint density at radius 1 is 1.32 bits per heavy atom. The first kappa shape index (κ1) is 15.5. The molecule has 0 heterocycles. The molecule has 1 aromatic rings. The van der Waals surface area contributed by atoms with E-state index >= 15 is 0 Å². The van der Waals surface area contributed by atoms with E-state index in [0.29, 0.717) is 13.0 Å². The van der Waals surface area contributed by atoms with Crippen LogP contribution in [0.4, 0.5) is 0 Å². The summed E-state index contributed by atoms with van der Waals surface area (Å²) in [5.41, 5.74) is -0.635. The molecule has 0 saturated heterocycles. The number of para-hydroxylation sites is 1.